The van der Waals surface area contributed by atoms with Crippen LogP contribution in [0.5, 0.6) is 0 Å². The van der Waals surface area contributed by atoms with Crippen LogP contribution in [0.1, 0.15) is 24.8 Å². The number of carbonyl (C=O) groups excluding carboxylic acids is 1. The second kappa shape index (κ2) is 8.47. The summed E-state index contributed by atoms with van der Waals surface area (Å²) < 4.78 is 5.72. The molecule has 372 valence electrons. The maximum atomic E-state index is 13.8. The molecular weight excluding hydrogens is 897 g/mol. The van der Waals surface area contributed by atoms with E-state index in [0.29, 0.717) is 22.7 Å². The highest BCUT2D eigenvalue weighted by molar-refractivity contribution is 5.69. The van der Waals surface area contributed by atoms with E-state index in [1.165, 1.54) is 285 Å². The molecule has 1 aromatic rings. The summed E-state index contributed by atoms with van der Waals surface area (Å²) in [6.45, 7) is 0. The van der Waals surface area contributed by atoms with Crippen LogP contribution in [0.15, 0.2) is 30.3 Å². The van der Waals surface area contributed by atoms with E-state index in [4.69, 9.17) is 4.74 Å². The van der Waals surface area contributed by atoms with Gasteiger partial charge in [-0.3, -0.25) is 4.79 Å². The van der Waals surface area contributed by atoms with Gasteiger partial charge in [-0.25, -0.2) is 0 Å². The third-order valence-electron chi connectivity index (χ3n) is 44.1. The van der Waals surface area contributed by atoms with Crippen molar-refractivity contribution in [3.05, 3.63) is 35.9 Å². The average molecular weight is 969 g/mol. The molecule has 56 atom stereocenters. The molecule has 2 heteroatoms. The Hall–Kier alpha value is -1.31. The molecule has 0 saturated heterocycles. The minimum atomic E-state index is 0.120. The van der Waals surface area contributed by atoms with Gasteiger partial charge in [-0.15, -0.1) is 0 Å². The van der Waals surface area contributed by atoms with Gasteiger partial charge in [-0.05, 0) is 372 Å². The first-order valence-corrected chi connectivity index (χ1v) is 34.9. The Morgan fingerprint density at radius 1 is 0.311 bits per heavy atom. The normalized spacial score (nSPS) is 94.1. The molecule has 0 aromatic heterocycles. The van der Waals surface area contributed by atoms with Gasteiger partial charge in [0.1, 0.15) is 0 Å². The number of ether oxygens (including phenoxy) is 1. The maximum absolute atomic E-state index is 13.8. The van der Waals surface area contributed by atoms with Crippen molar-refractivity contribution in [2.45, 2.75) is 24.7 Å². The second-order valence-electron chi connectivity index (χ2n) is 38.7. The number of hydrogen-bond acceptors (Lipinski definition) is 2. The Bertz CT molecular complexity index is 2920. The van der Waals surface area contributed by atoms with Crippen LogP contribution < -0.4 is 0 Å². The lowest BCUT2D eigenvalue weighted by Crippen LogP contribution is -2.64. The van der Waals surface area contributed by atoms with Crippen LogP contribution in [0.3, 0.4) is 0 Å². The summed E-state index contributed by atoms with van der Waals surface area (Å²) in [6, 6.07) is 13.5. The smallest absolute Gasteiger partial charge is 0.305 e. The quantitative estimate of drug-likeness (QED) is 0.275. The molecule has 34 rings (SSSR count). The summed E-state index contributed by atoms with van der Waals surface area (Å²) >= 11 is 0. The van der Waals surface area contributed by atoms with Gasteiger partial charge in [-0.2, -0.15) is 0 Å². The molecular formula is C72H72O2. The molecule has 33 saturated carbocycles. The number of methoxy groups -OCH3 is 1. The lowest BCUT2D eigenvalue weighted by atomic mass is 9.37. The summed E-state index contributed by atoms with van der Waals surface area (Å²) in [4.78, 5) is 13.8. The van der Waals surface area contributed by atoms with Gasteiger partial charge in [0.15, 0.2) is 0 Å². The van der Waals surface area contributed by atoms with Gasteiger partial charge < -0.3 is 4.74 Å². The summed E-state index contributed by atoms with van der Waals surface area (Å²) in [6.07, 6.45) is 3.20. The zero-order chi connectivity index (χ0) is 44.5. The maximum Gasteiger partial charge on any atom is 0.305 e. The van der Waals surface area contributed by atoms with Gasteiger partial charge in [0, 0.05) is 11.8 Å². The highest BCUT2D eigenvalue weighted by Gasteiger charge is 3.12. The topological polar surface area (TPSA) is 26.3 Å². The highest BCUT2D eigenvalue weighted by atomic mass is 16.5. The Morgan fingerprint density at radius 2 is 0.514 bits per heavy atom. The first kappa shape index (κ1) is 34.1. The molecule has 1 aromatic carbocycles. The summed E-state index contributed by atoms with van der Waals surface area (Å²) in [5.74, 6) is 70.1. The molecule has 0 bridgehead atoms. The lowest BCUT2D eigenvalue weighted by molar-refractivity contribution is -0.202. The van der Waals surface area contributed by atoms with Crippen molar-refractivity contribution < 1.29 is 9.53 Å². The van der Waals surface area contributed by atoms with Crippen molar-refractivity contribution in [1.29, 1.82) is 0 Å². The first-order valence-electron chi connectivity index (χ1n) is 34.9. The van der Waals surface area contributed by atoms with Gasteiger partial charge >= 0.3 is 5.97 Å². The number of esters is 1. The van der Waals surface area contributed by atoms with Crippen LogP contribution in [-0.4, -0.2) is 13.1 Å². The van der Waals surface area contributed by atoms with Crippen molar-refractivity contribution in [3.63, 3.8) is 0 Å². The largest absolute Gasteiger partial charge is 0.469 e. The lowest BCUT2D eigenvalue weighted by Gasteiger charge is -2.67. The predicted molar refractivity (Wildman–Crippen MR) is 261 cm³/mol. The molecule has 2 nitrogen and oxygen atoms in total. The summed E-state index contributed by atoms with van der Waals surface area (Å²) in [5.41, 5.74) is 3.39. The van der Waals surface area contributed by atoms with Crippen LogP contribution in [0.2, 0.25) is 0 Å². The average Bonchev–Trinajstić information content (AvgIpc) is 3.83. The molecule has 0 amide bonds. The Morgan fingerprint density at radius 3 is 0.770 bits per heavy atom. The molecule has 33 fully saturated rings. The van der Waals surface area contributed by atoms with E-state index in [2.05, 4.69) is 30.3 Å². The molecule has 56 unspecified atom stereocenters. The fourth-order valence-electron chi connectivity index (χ4n) is 50.5. The van der Waals surface area contributed by atoms with Crippen molar-refractivity contribution in [2.24, 2.45) is 354 Å². The third kappa shape index (κ3) is 2.04. The van der Waals surface area contributed by atoms with E-state index in [9.17, 15) is 4.79 Å². The van der Waals surface area contributed by atoms with Gasteiger partial charge in [0.05, 0.1) is 7.11 Å². The second-order valence-corrected chi connectivity index (χ2v) is 38.7. The Balaban J connectivity index is 0.832. The number of carbonyl (C=O) groups is 1. The van der Waals surface area contributed by atoms with Gasteiger partial charge in [-0.1, -0.05) is 30.3 Å². The van der Waals surface area contributed by atoms with Crippen LogP contribution in [-0.2, 0) is 14.9 Å². The molecule has 0 aliphatic heterocycles. The van der Waals surface area contributed by atoms with Crippen molar-refractivity contribution in [3.8, 4) is 0 Å². The SMILES string of the molecule is COC(=O)CCCC1(c2ccccc2)C23C4C5C6C7C8C9C%10C%11C%12C%13C%10C%10C8C8C%14C%10C%10C%13C%13C%15C%12C%12C%16C%11C%11C9C7C7C9C%11C%16C%11C%16C%12C%15C%12C%15C%13C%10C%10C%14C(C4C86)C4C%10C%15C6C%12C%16C8C%11C9C(C75)C2C8C6C413. The van der Waals surface area contributed by atoms with Crippen molar-refractivity contribution >= 4 is 5.97 Å². The minimum absolute atomic E-state index is 0.120. The van der Waals surface area contributed by atoms with Crippen LogP contribution in [0, 0.1) is 354 Å². The van der Waals surface area contributed by atoms with E-state index in [1.807, 2.05) is 5.56 Å². The van der Waals surface area contributed by atoms with Crippen molar-refractivity contribution in [2.75, 3.05) is 7.11 Å². The predicted octanol–water partition coefficient (Wildman–Crippen LogP) is 9.42. The monoisotopic (exact) mass is 969 g/mol. The standard InChI is InChI=1S/C72H72O2/c1-74-11(73)8-5-9-70(10-6-3-2-4-7-10)71-66-59-52-40-32-23-14-12-13-15-18(14)27-34(32)42-43-35(27)33-24(15)26-22-17(13)20-19-16(12)21-25(23)38(40)46-44-30(21)28(19)36-37-29(20)31(22)45-47-39(26)41(33)53-55(43)64(63(66)54(42)52)67-60(53)58(47)62-51(45)49(37)56-48(36)50(44)61(57(46)59)68(71)65(56)69(62)72(67,70)71/h2-4,6-7,12-69H,5,8-9H2,1H3. The third-order valence-corrected chi connectivity index (χ3v) is 44.1. The van der Waals surface area contributed by atoms with Crippen molar-refractivity contribution in [1.82, 2.24) is 0 Å². The number of benzene rings is 1. The fourth-order valence-corrected chi connectivity index (χ4v) is 50.5. The fraction of sp³-hybridized carbons (Fsp3) is 0.903. The van der Waals surface area contributed by atoms with Crippen LogP contribution >= 0.6 is 0 Å². The van der Waals surface area contributed by atoms with Gasteiger partial charge in [0.25, 0.3) is 0 Å². The van der Waals surface area contributed by atoms with E-state index < -0.39 is 0 Å². The number of hydrogen-bond donors (Lipinski definition) is 0. The highest BCUT2D eigenvalue weighted by Crippen LogP contribution is 3.14. The van der Waals surface area contributed by atoms with E-state index in [-0.39, 0.29) is 5.97 Å². The first-order chi connectivity index (χ1) is 36.8. The molecule has 0 N–H and O–H groups in total. The Labute approximate surface area is 435 Å². The number of rotatable bonds is 5. The van der Waals surface area contributed by atoms with E-state index in [0.717, 1.165) is 71.5 Å². The molecule has 33 aliphatic carbocycles. The van der Waals surface area contributed by atoms with E-state index >= 15 is 0 Å². The Kier molecular flexibility index (Phi) is 3.90. The molecule has 0 heterocycles. The van der Waals surface area contributed by atoms with E-state index in [1.54, 1.807) is 7.11 Å². The molecule has 33 aliphatic rings. The zero-order valence-electron chi connectivity index (χ0n) is 42.8. The van der Waals surface area contributed by atoms with Crippen LogP contribution in [0.25, 0.3) is 0 Å². The summed E-state index contributed by atoms with van der Waals surface area (Å²) in [7, 11) is 1.73. The molecule has 74 heavy (non-hydrogen) atoms. The zero-order valence-corrected chi connectivity index (χ0v) is 42.8. The molecule has 0 radical (unpaired) electrons. The molecule has 2 spiro atoms. The van der Waals surface area contributed by atoms with Crippen LogP contribution in [0.4, 0.5) is 0 Å². The van der Waals surface area contributed by atoms with Gasteiger partial charge in [0.2, 0.25) is 0 Å². The minimum Gasteiger partial charge on any atom is -0.469 e. The summed E-state index contributed by atoms with van der Waals surface area (Å²) in [5, 5.41) is 0.